The molecule has 2 aromatic carbocycles. The van der Waals surface area contributed by atoms with Gasteiger partial charge in [0.25, 0.3) is 0 Å². The molecule has 2 aromatic heterocycles. The lowest BCUT2D eigenvalue weighted by atomic mass is 10.0. The summed E-state index contributed by atoms with van der Waals surface area (Å²) in [5.74, 6) is -0.0494. The van der Waals surface area contributed by atoms with Crippen LogP contribution in [0.5, 0.6) is 0 Å². The Morgan fingerprint density at radius 2 is 1.90 bits per heavy atom. The summed E-state index contributed by atoms with van der Waals surface area (Å²) in [7, 11) is 2.14. The van der Waals surface area contributed by atoms with Gasteiger partial charge in [0.15, 0.2) is 5.82 Å². The average molecular weight is 680 g/mol. The topological polar surface area (TPSA) is 156 Å². The summed E-state index contributed by atoms with van der Waals surface area (Å²) in [6.45, 7) is 8.45. The Morgan fingerprint density at radius 1 is 1.17 bits per heavy atom. The zero-order valence-corrected chi connectivity index (χ0v) is 29.2. The van der Waals surface area contributed by atoms with Crippen molar-refractivity contribution in [3.63, 3.8) is 0 Å². The smallest absolute Gasteiger partial charge is 0.354 e. The van der Waals surface area contributed by atoms with Gasteiger partial charge in [0.1, 0.15) is 11.5 Å². The van der Waals surface area contributed by atoms with E-state index in [4.69, 9.17) is 28.8 Å². The van der Waals surface area contributed by atoms with Crippen LogP contribution in [0.15, 0.2) is 58.4 Å². The summed E-state index contributed by atoms with van der Waals surface area (Å²) >= 11 is 6.25. The number of benzene rings is 2. The third kappa shape index (κ3) is 10.4. The Bertz CT molecular complexity index is 1700. The van der Waals surface area contributed by atoms with Crippen molar-refractivity contribution in [3.05, 3.63) is 81.1 Å². The van der Waals surface area contributed by atoms with Crippen LogP contribution in [-0.4, -0.2) is 71.1 Å². The highest BCUT2D eigenvalue weighted by atomic mass is 35.5. The first-order valence-electron chi connectivity index (χ1n) is 17.0. The van der Waals surface area contributed by atoms with Crippen molar-refractivity contribution < 1.29 is 4.39 Å². The van der Waals surface area contributed by atoms with E-state index in [1.165, 1.54) is 24.1 Å². The Kier molecular flexibility index (Phi) is 14.1. The Hall–Kier alpha value is -3.61. The van der Waals surface area contributed by atoms with E-state index in [0.717, 1.165) is 56.2 Å². The minimum Gasteiger partial charge on any atom is -0.386 e. The number of nitrogens with one attached hydrogen (secondary N) is 2. The summed E-state index contributed by atoms with van der Waals surface area (Å²) in [5, 5.41) is 4.33. The lowest BCUT2D eigenvalue weighted by molar-refractivity contribution is 0.229. The Labute approximate surface area is 288 Å². The maximum absolute atomic E-state index is 15.1. The van der Waals surface area contributed by atoms with E-state index in [-0.39, 0.29) is 23.7 Å². The first-order valence-corrected chi connectivity index (χ1v) is 17.3. The Balaban J connectivity index is 0.000000950. The summed E-state index contributed by atoms with van der Waals surface area (Å²) in [6, 6.07) is 13.4. The van der Waals surface area contributed by atoms with Gasteiger partial charge in [-0.25, -0.2) is 9.18 Å². The minimum absolute atomic E-state index is 0.0558. The van der Waals surface area contributed by atoms with Crippen molar-refractivity contribution in [3.8, 4) is 16.9 Å². The molecular weight excluding hydrogens is 629 g/mol. The van der Waals surface area contributed by atoms with Gasteiger partial charge < -0.3 is 32.4 Å². The largest absolute Gasteiger partial charge is 0.386 e. The molecule has 4 aromatic rings. The van der Waals surface area contributed by atoms with Crippen molar-refractivity contribution in [2.45, 2.75) is 70.9 Å². The standard InChI is InChI=1S/C32H42ClFN8O.C4H9N/c1-3-6-27(38-13-5-14-39-29(37)18-35)22-9-11-24(12-10-22)42-19-23-17-28(40-31(23)41-32(42)43)25-15-21(8-4-7-20(2)36)16-26(33)30(25)34;1-5-3-2-4-5/h9-12,15-17,19-20,27,38H,3-8,13-14,18,35-36H2,1-2H3,(H2,37,39)(H,40,41,43);2-4H2,1H3. The van der Waals surface area contributed by atoms with Gasteiger partial charge in [-0.05, 0) is 114 Å². The lowest BCUT2D eigenvalue weighted by Gasteiger charge is -2.24. The molecule has 1 saturated heterocycles. The predicted octanol–water partition coefficient (Wildman–Crippen LogP) is 5.30. The second-order valence-corrected chi connectivity index (χ2v) is 13.1. The van der Waals surface area contributed by atoms with Gasteiger partial charge in [-0.2, -0.15) is 4.98 Å². The van der Waals surface area contributed by atoms with Gasteiger partial charge in [0.05, 0.1) is 22.9 Å². The number of amidine groups is 1. The molecule has 0 bridgehead atoms. The molecule has 8 N–H and O–H groups in total. The number of aromatic amines is 1. The fraction of sp³-hybridized carbons (Fsp3) is 0.472. The van der Waals surface area contributed by atoms with E-state index in [1.807, 2.05) is 31.2 Å². The maximum atomic E-state index is 15.1. The highest BCUT2D eigenvalue weighted by Crippen LogP contribution is 2.31. The molecule has 1 aliphatic heterocycles. The summed E-state index contributed by atoms with van der Waals surface area (Å²) in [5.41, 5.74) is 20.6. The van der Waals surface area contributed by atoms with Crippen LogP contribution in [0.2, 0.25) is 5.02 Å². The molecule has 2 atom stereocenters. The number of nitrogens with zero attached hydrogens (tertiary/aromatic N) is 4. The number of nitrogens with two attached hydrogens (primary N) is 3. The van der Waals surface area contributed by atoms with Crippen molar-refractivity contribution >= 4 is 28.5 Å². The molecule has 1 aliphatic rings. The second kappa shape index (κ2) is 18.2. The molecule has 10 nitrogen and oxygen atoms in total. The number of aryl methyl sites for hydroxylation is 1. The Morgan fingerprint density at radius 3 is 2.52 bits per heavy atom. The van der Waals surface area contributed by atoms with Crippen LogP contribution >= 0.6 is 11.6 Å². The highest BCUT2D eigenvalue weighted by Gasteiger charge is 2.16. The fourth-order valence-electron chi connectivity index (χ4n) is 5.60. The zero-order valence-electron chi connectivity index (χ0n) is 28.4. The highest BCUT2D eigenvalue weighted by molar-refractivity contribution is 6.31. The predicted molar refractivity (Wildman–Crippen MR) is 197 cm³/mol. The molecule has 0 saturated carbocycles. The SMILES string of the molecule is CCCC(NCCCN=C(N)CN)c1ccc(-n2cc3cc(-c4cc(CCCC(C)N)cc(Cl)c4F)[nH]c3nc2=O)cc1.CN1CCC1. The van der Waals surface area contributed by atoms with Crippen LogP contribution in [0.4, 0.5) is 4.39 Å². The van der Waals surface area contributed by atoms with Crippen LogP contribution in [0.3, 0.4) is 0 Å². The third-order valence-corrected chi connectivity index (χ3v) is 8.77. The number of aromatic nitrogens is 3. The van der Waals surface area contributed by atoms with Crippen molar-refractivity contribution in [1.82, 2.24) is 24.8 Å². The fourth-order valence-corrected chi connectivity index (χ4v) is 5.84. The van der Waals surface area contributed by atoms with Gasteiger partial charge in [0.2, 0.25) is 0 Å². The molecule has 2 unspecified atom stereocenters. The van der Waals surface area contributed by atoms with Gasteiger partial charge in [0, 0.05) is 35.8 Å². The molecule has 0 amide bonds. The summed E-state index contributed by atoms with van der Waals surface area (Å²) < 4.78 is 16.6. The number of hydrogen-bond acceptors (Lipinski definition) is 7. The van der Waals surface area contributed by atoms with E-state index in [2.05, 4.69) is 39.1 Å². The third-order valence-electron chi connectivity index (χ3n) is 8.49. The number of H-pyrrole nitrogens is 1. The summed E-state index contributed by atoms with van der Waals surface area (Å²) in [6.07, 6.45) is 8.47. The van der Waals surface area contributed by atoms with Crippen molar-refractivity contribution in [2.24, 2.45) is 22.2 Å². The molecule has 48 heavy (non-hydrogen) atoms. The van der Waals surface area contributed by atoms with Crippen LogP contribution in [0.1, 0.15) is 69.5 Å². The van der Waals surface area contributed by atoms with Crippen LogP contribution in [-0.2, 0) is 6.42 Å². The maximum Gasteiger partial charge on any atom is 0.354 e. The van der Waals surface area contributed by atoms with Crippen molar-refractivity contribution in [2.75, 3.05) is 39.8 Å². The number of aliphatic imine (C=N–C) groups is 1. The molecule has 260 valence electrons. The van der Waals surface area contributed by atoms with E-state index in [0.29, 0.717) is 40.4 Å². The molecule has 12 heteroatoms. The van der Waals surface area contributed by atoms with Crippen molar-refractivity contribution in [1.29, 1.82) is 0 Å². The van der Waals surface area contributed by atoms with Gasteiger partial charge >= 0.3 is 5.69 Å². The van der Waals surface area contributed by atoms with Crippen LogP contribution < -0.4 is 28.2 Å². The first-order chi connectivity index (χ1) is 23.1. The average Bonchev–Trinajstić information content (AvgIpc) is 3.47. The van der Waals surface area contributed by atoms with Crippen LogP contribution in [0.25, 0.3) is 28.0 Å². The normalized spacial score (nSPS) is 14.8. The second-order valence-electron chi connectivity index (χ2n) is 12.7. The van der Waals surface area contributed by atoms with E-state index in [1.54, 1.807) is 24.4 Å². The van der Waals surface area contributed by atoms with E-state index in [9.17, 15) is 4.79 Å². The van der Waals surface area contributed by atoms with Gasteiger partial charge in [-0.15, -0.1) is 0 Å². The van der Waals surface area contributed by atoms with Gasteiger partial charge in [-0.3, -0.25) is 9.56 Å². The van der Waals surface area contributed by atoms with E-state index >= 15 is 4.39 Å². The molecule has 0 spiro atoms. The minimum atomic E-state index is -0.516. The zero-order chi connectivity index (χ0) is 34.6. The molecule has 1 fully saturated rings. The molecular formula is C36H51ClFN9O. The number of halogens is 2. The van der Waals surface area contributed by atoms with Crippen LogP contribution in [0, 0.1) is 5.82 Å². The number of likely N-dealkylation sites (tertiary alicyclic amines) is 1. The first kappa shape index (κ1) is 37.2. The molecule has 3 heterocycles. The number of hydrogen-bond donors (Lipinski definition) is 5. The van der Waals surface area contributed by atoms with E-state index < -0.39 is 11.5 Å². The van der Waals surface area contributed by atoms with Gasteiger partial charge in [-0.1, -0.05) is 37.1 Å². The summed E-state index contributed by atoms with van der Waals surface area (Å²) in [4.78, 5) is 26.9. The molecule has 0 radical (unpaired) electrons. The lowest BCUT2D eigenvalue weighted by Crippen LogP contribution is -2.32. The number of rotatable bonds is 15. The molecule has 5 rings (SSSR count). The monoisotopic (exact) mass is 679 g/mol. The quantitative estimate of drug-likeness (QED) is 0.0648. The molecule has 0 aliphatic carbocycles. The number of fused-ring (bicyclic) bond motifs is 1.